The molecule has 0 bridgehead atoms. The SMILES string of the molecule is O=S1(=O)Nc2c(cc(Cl)c3c(Cl)c[nH]c23)CN1C1CCCCC1. The third kappa shape index (κ3) is 2.52. The van der Waals surface area contributed by atoms with E-state index in [2.05, 4.69) is 9.71 Å². The topological polar surface area (TPSA) is 65.2 Å². The predicted octanol–water partition coefficient (Wildman–Crippen LogP) is 4.28. The van der Waals surface area contributed by atoms with E-state index >= 15 is 0 Å². The molecule has 8 heteroatoms. The van der Waals surface area contributed by atoms with Crippen molar-refractivity contribution >= 4 is 50.0 Å². The lowest BCUT2D eigenvalue weighted by Gasteiger charge is -2.37. The number of rotatable bonds is 1. The molecule has 4 rings (SSSR count). The van der Waals surface area contributed by atoms with E-state index in [0.29, 0.717) is 33.2 Å². The van der Waals surface area contributed by atoms with E-state index in [0.717, 1.165) is 31.2 Å². The molecule has 0 saturated heterocycles. The average Bonchev–Trinajstić information content (AvgIpc) is 2.91. The van der Waals surface area contributed by atoms with Crippen LogP contribution in [0, 0.1) is 0 Å². The van der Waals surface area contributed by atoms with Gasteiger partial charge in [-0.05, 0) is 24.5 Å². The van der Waals surface area contributed by atoms with Gasteiger partial charge in [0.15, 0.2) is 0 Å². The minimum absolute atomic E-state index is 0.0658. The van der Waals surface area contributed by atoms with Crippen LogP contribution in [-0.4, -0.2) is 23.7 Å². The molecule has 0 radical (unpaired) electrons. The van der Waals surface area contributed by atoms with Gasteiger partial charge >= 0.3 is 10.2 Å². The number of nitrogens with zero attached hydrogens (tertiary/aromatic N) is 1. The van der Waals surface area contributed by atoms with E-state index in [-0.39, 0.29) is 6.04 Å². The molecule has 1 aliphatic heterocycles. The highest BCUT2D eigenvalue weighted by Gasteiger charge is 2.36. The summed E-state index contributed by atoms with van der Waals surface area (Å²) >= 11 is 12.5. The first-order chi connectivity index (χ1) is 11.0. The number of aromatic nitrogens is 1. The normalized spacial score (nSPS) is 22.0. The third-order valence-electron chi connectivity index (χ3n) is 4.79. The molecular weight excluding hydrogens is 357 g/mol. The Hall–Kier alpha value is -0.950. The fourth-order valence-electron chi connectivity index (χ4n) is 3.66. The van der Waals surface area contributed by atoms with Gasteiger partial charge in [0.25, 0.3) is 0 Å². The fourth-order valence-corrected chi connectivity index (χ4v) is 5.81. The zero-order valence-electron chi connectivity index (χ0n) is 12.4. The first-order valence-electron chi connectivity index (χ1n) is 7.75. The van der Waals surface area contributed by atoms with Crippen LogP contribution < -0.4 is 4.72 Å². The lowest BCUT2D eigenvalue weighted by Crippen LogP contribution is -2.46. The molecule has 0 unspecified atom stereocenters. The summed E-state index contributed by atoms with van der Waals surface area (Å²) in [6.07, 6.45) is 6.80. The van der Waals surface area contributed by atoms with Crippen molar-refractivity contribution in [3.8, 4) is 0 Å². The predicted molar refractivity (Wildman–Crippen MR) is 93.3 cm³/mol. The molecule has 0 spiro atoms. The molecule has 5 nitrogen and oxygen atoms in total. The quantitative estimate of drug-likeness (QED) is 0.783. The summed E-state index contributed by atoms with van der Waals surface area (Å²) in [5, 5.41) is 1.68. The Kier molecular flexibility index (Phi) is 3.76. The van der Waals surface area contributed by atoms with Crippen molar-refractivity contribution in [2.75, 3.05) is 4.72 Å². The van der Waals surface area contributed by atoms with Gasteiger partial charge in [-0.1, -0.05) is 42.5 Å². The molecule has 23 heavy (non-hydrogen) atoms. The Morgan fingerprint density at radius 3 is 2.61 bits per heavy atom. The maximum atomic E-state index is 12.7. The molecule has 1 saturated carbocycles. The number of nitrogens with one attached hydrogen (secondary N) is 2. The second-order valence-corrected chi connectivity index (χ2v) is 8.66. The number of H-pyrrole nitrogens is 1. The summed E-state index contributed by atoms with van der Waals surface area (Å²) < 4.78 is 29.7. The molecule has 1 aromatic heterocycles. The molecule has 1 aliphatic carbocycles. The number of aromatic amines is 1. The van der Waals surface area contributed by atoms with E-state index in [9.17, 15) is 8.42 Å². The van der Waals surface area contributed by atoms with Gasteiger partial charge in [-0.3, -0.25) is 4.72 Å². The highest BCUT2D eigenvalue weighted by Crippen LogP contribution is 2.41. The van der Waals surface area contributed by atoms with E-state index in [1.807, 2.05) is 6.07 Å². The minimum atomic E-state index is -3.55. The number of halogens is 2. The molecule has 2 heterocycles. The zero-order chi connectivity index (χ0) is 16.2. The van der Waals surface area contributed by atoms with E-state index in [1.165, 1.54) is 6.42 Å². The van der Waals surface area contributed by atoms with Crippen LogP contribution in [0.5, 0.6) is 0 Å². The summed E-state index contributed by atoms with van der Waals surface area (Å²) in [5.74, 6) is 0. The van der Waals surface area contributed by atoms with Gasteiger partial charge in [-0.15, -0.1) is 0 Å². The molecule has 2 aromatic rings. The van der Waals surface area contributed by atoms with Crippen LogP contribution in [-0.2, 0) is 16.8 Å². The highest BCUT2D eigenvalue weighted by atomic mass is 35.5. The summed E-state index contributed by atoms with van der Waals surface area (Å²) in [7, 11) is -3.55. The van der Waals surface area contributed by atoms with Gasteiger partial charge in [0.2, 0.25) is 0 Å². The maximum Gasteiger partial charge on any atom is 0.302 e. The van der Waals surface area contributed by atoms with Gasteiger partial charge in [0.05, 0.1) is 21.2 Å². The Balaban J connectivity index is 1.82. The lowest BCUT2D eigenvalue weighted by molar-refractivity contribution is 0.247. The average molecular weight is 374 g/mol. The van der Waals surface area contributed by atoms with E-state index in [4.69, 9.17) is 23.2 Å². The summed E-state index contributed by atoms with van der Waals surface area (Å²) in [5.41, 5.74) is 2.08. The van der Waals surface area contributed by atoms with Gasteiger partial charge < -0.3 is 4.98 Å². The number of hydrogen-bond donors (Lipinski definition) is 2. The van der Waals surface area contributed by atoms with Crippen molar-refractivity contribution < 1.29 is 8.42 Å². The van der Waals surface area contributed by atoms with Gasteiger partial charge in [0, 0.05) is 24.2 Å². The standard InChI is InChI=1S/C15H17Cl2N3O2S/c16-11-6-9-8-20(10-4-2-1-3-5-10)23(21,22)19-14(9)15-13(11)12(17)7-18-15/h6-7,10,18-19H,1-5,8H2. The molecule has 0 atom stereocenters. The van der Waals surface area contributed by atoms with Crippen molar-refractivity contribution in [3.63, 3.8) is 0 Å². The highest BCUT2D eigenvalue weighted by molar-refractivity contribution is 7.90. The Bertz CT molecular complexity index is 872. The molecule has 1 aromatic carbocycles. The molecule has 2 N–H and O–H groups in total. The first-order valence-corrected chi connectivity index (χ1v) is 9.94. The van der Waals surface area contributed by atoms with Crippen molar-refractivity contribution in [1.82, 2.24) is 9.29 Å². The van der Waals surface area contributed by atoms with Gasteiger partial charge in [-0.2, -0.15) is 12.7 Å². The summed E-state index contributed by atoms with van der Waals surface area (Å²) in [6.45, 7) is 0.349. The molecule has 124 valence electrons. The summed E-state index contributed by atoms with van der Waals surface area (Å²) in [6, 6.07) is 1.88. The van der Waals surface area contributed by atoms with Crippen molar-refractivity contribution in [2.24, 2.45) is 0 Å². The molecule has 1 fully saturated rings. The number of benzene rings is 1. The Labute approximate surface area is 145 Å². The van der Waals surface area contributed by atoms with Crippen LogP contribution in [0.1, 0.15) is 37.7 Å². The van der Waals surface area contributed by atoms with Crippen LogP contribution >= 0.6 is 23.2 Å². The van der Waals surface area contributed by atoms with Crippen LogP contribution in [0.2, 0.25) is 10.0 Å². The van der Waals surface area contributed by atoms with Gasteiger partial charge in [0.1, 0.15) is 0 Å². The second-order valence-electron chi connectivity index (χ2n) is 6.22. The maximum absolute atomic E-state index is 12.7. The van der Waals surface area contributed by atoms with E-state index in [1.54, 1.807) is 10.5 Å². The van der Waals surface area contributed by atoms with Crippen LogP contribution in [0.15, 0.2) is 12.3 Å². The fraction of sp³-hybridized carbons (Fsp3) is 0.467. The van der Waals surface area contributed by atoms with Gasteiger partial charge in [-0.25, -0.2) is 0 Å². The zero-order valence-corrected chi connectivity index (χ0v) is 14.7. The molecule has 0 amide bonds. The monoisotopic (exact) mass is 373 g/mol. The first kappa shape index (κ1) is 15.6. The van der Waals surface area contributed by atoms with Crippen molar-refractivity contribution in [2.45, 2.75) is 44.7 Å². The summed E-state index contributed by atoms with van der Waals surface area (Å²) in [4.78, 5) is 3.03. The third-order valence-corrected chi connectivity index (χ3v) is 6.89. The van der Waals surface area contributed by atoms with E-state index < -0.39 is 10.2 Å². The number of hydrogen-bond acceptors (Lipinski definition) is 2. The molecule has 2 aliphatic rings. The van der Waals surface area contributed by atoms with Crippen LogP contribution in [0.3, 0.4) is 0 Å². The van der Waals surface area contributed by atoms with Crippen LogP contribution in [0.25, 0.3) is 10.9 Å². The Morgan fingerprint density at radius 1 is 1.13 bits per heavy atom. The number of anilines is 1. The van der Waals surface area contributed by atoms with Crippen molar-refractivity contribution in [1.29, 1.82) is 0 Å². The Morgan fingerprint density at radius 2 is 1.87 bits per heavy atom. The second kappa shape index (κ2) is 5.55. The minimum Gasteiger partial charge on any atom is -0.358 e. The smallest absolute Gasteiger partial charge is 0.302 e. The van der Waals surface area contributed by atoms with Crippen LogP contribution in [0.4, 0.5) is 5.69 Å². The number of fused-ring (bicyclic) bond motifs is 3. The van der Waals surface area contributed by atoms with Crippen molar-refractivity contribution in [3.05, 3.63) is 27.9 Å². The molecular formula is C15H17Cl2N3O2S. The lowest BCUT2D eigenvalue weighted by atomic mass is 9.95. The largest absolute Gasteiger partial charge is 0.358 e.